The van der Waals surface area contributed by atoms with Crippen LogP contribution in [0.4, 0.5) is 35.1 Å². The number of aliphatic hydroxyl groups excluding tert-OH is 1. The smallest absolute Gasteiger partial charge is 0.387 e. The highest BCUT2D eigenvalue weighted by molar-refractivity contribution is 9.09. The highest BCUT2D eigenvalue weighted by Gasteiger charge is 2.16. The van der Waals surface area contributed by atoms with Crippen LogP contribution < -0.4 is 18.9 Å². The first-order valence-corrected chi connectivity index (χ1v) is 10.4. The van der Waals surface area contributed by atoms with Crippen LogP contribution in [0.3, 0.4) is 0 Å². The molecule has 0 saturated carbocycles. The van der Waals surface area contributed by atoms with Gasteiger partial charge in [0.2, 0.25) is 0 Å². The molecule has 0 unspecified atom stereocenters. The average Bonchev–Trinajstić information content (AvgIpc) is 2.71. The molecule has 0 aliphatic carbocycles. The highest BCUT2D eigenvalue weighted by atomic mass is 79.9. The first-order chi connectivity index (χ1) is 16.0. The molecule has 0 bridgehead atoms. The fourth-order valence-corrected chi connectivity index (χ4v) is 2.87. The van der Waals surface area contributed by atoms with E-state index in [0.717, 1.165) is 12.1 Å². The van der Waals surface area contributed by atoms with Gasteiger partial charge in [0.1, 0.15) is 0 Å². The van der Waals surface area contributed by atoms with E-state index in [0.29, 0.717) is 22.9 Å². The van der Waals surface area contributed by atoms with Crippen molar-refractivity contribution < 1.29 is 59.2 Å². The van der Waals surface area contributed by atoms with E-state index in [9.17, 15) is 35.1 Å². The van der Waals surface area contributed by atoms with Crippen molar-refractivity contribution in [2.24, 2.45) is 0 Å². The van der Waals surface area contributed by atoms with Crippen LogP contribution in [0.1, 0.15) is 11.1 Å². The van der Waals surface area contributed by atoms with Gasteiger partial charge in [0.05, 0.1) is 0 Å². The van der Waals surface area contributed by atoms with E-state index in [1.807, 2.05) is 0 Å². The molecular weight excluding hydrogens is 552 g/mol. The molecule has 0 aliphatic rings. The zero-order chi connectivity index (χ0) is 25.7. The Morgan fingerprint density at radius 3 is 1.26 bits per heavy atom. The molecule has 0 radical (unpaired) electrons. The van der Waals surface area contributed by atoms with Crippen LogP contribution in [0.2, 0.25) is 0 Å². The lowest BCUT2D eigenvalue weighted by molar-refractivity contribution is -0.0692. The summed E-state index contributed by atoms with van der Waals surface area (Å²) < 4.78 is 113. The van der Waals surface area contributed by atoms with Gasteiger partial charge in [-0.25, -0.2) is 0 Å². The van der Waals surface area contributed by atoms with E-state index in [1.165, 1.54) is 24.3 Å². The van der Waals surface area contributed by atoms with Gasteiger partial charge in [-0.2, -0.15) is 35.1 Å². The van der Waals surface area contributed by atoms with Crippen molar-refractivity contribution in [3.05, 3.63) is 47.5 Å². The van der Waals surface area contributed by atoms with Crippen molar-refractivity contribution in [2.45, 2.75) is 39.3 Å². The molecule has 2 aromatic carbocycles. The maximum Gasteiger partial charge on any atom is 0.387 e. The number of ether oxygens (including phenoxy) is 4. The summed E-state index contributed by atoms with van der Waals surface area (Å²) in [6, 6.07) is 7.55. The summed E-state index contributed by atoms with van der Waals surface area (Å²) in [4.78, 5) is 0. The number of hydrogen-bond acceptors (Lipinski definition) is 5. The Hall–Kier alpha value is -2.48. The predicted octanol–water partition coefficient (Wildman–Crippen LogP) is 6.25. The Balaban J connectivity index is 0.000000340. The predicted molar refractivity (Wildman–Crippen MR) is 108 cm³/mol. The fourth-order valence-electron chi connectivity index (χ4n) is 2.42. The fraction of sp³-hybridized carbons (Fsp3) is 0.400. The lowest BCUT2D eigenvalue weighted by atomic mass is 10.1. The van der Waals surface area contributed by atoms with Crippen molar-refractivity contribution in [3.63, 3.8) is 0 Å². The first-order valence-electron chi connectivity index (χ1n) is 9.27. The van der Waals surface area contributed by atoms with Crippen LogP contribution in [-0.2, 0) is 12.8 Å². The molecule has 2 rings (SSSR count). The summed E-state index contributed by atoms with van der Waals surface area (Å²) in [6.45, 7) is -12.6. The monoisotopic (exact) mass is 570 g/mol. The number of aliphatic hydroxyl groups is 1. The van der Waals surface area contributed by atoms with Gasteiger partial charge in [-0.15, -0.1) is 0 Å². The summed E-state index contributed by atoms with van der Waals surface area (Å²) in [5.74, 6) is -1.74. The zero-order valence-electron chi connectivity index (χ0n) is 17.1. The topological polar surface area (TPSA) is 57.2 Å². The molecule has 5 nitrogen and oxygen atoms in total. The highest BCUT2D eigenvalue weighted by Crippen LogP contribution is 2.32. The van der Waals surface area contributed by atoms with Gasteiger partial charge in [-0.3, -0.25) is 0 Å². The summed E-state index contributed by atoms with van der Waals surface area (Å²) >= 11 is 3.18. The van der Waals surface area contributed by atoms with Crippen LogP contribution >= 0.6 is 15.9 Å². The second-order valence-electron chi connectivity index (χ2n) is 5.99. The second kappa shape index (κ2) is 15.4. The van der Waals surface area contributed by atoms with Crippen molar-refractivity contribution in [1.29, 1.82) is 0 Å². The van der Waals surface area contributed by atoms with Crippen LogP contribution in [0, 0.1) is 0 Å². The van der Waals surface area contributed by atoms with Crippen molar-refractivity contribution in [3.8, 4) is 23.0 Å². The molecule has 34 heavy (non-hydrogen) atoms. The Kier molecular flexibility index (Phi) is 13.4. The third-order valence-corrected chi connectivity index (χ3v) is 4.06. The Labute approximate surface area is 197 Å². The number of halogens is 9. The van der Waals surface area contributed by atoms with E-state index < -0.39 is 49.4 Å². The van der Waals surface area contributed by atoms with Crippen LogP contribution in [0.5, 0.6) is 23.0 Å². The van der Waals surface area contributed by atoms with E-state index in [1.54, 1.807) is 0 Å². The molecule has 0 atom stereocenters. The molecule has 0 saturated heterocycles. The minimum atomic E-state index is -3.14. The van der Waals surface area contributed by atoms with Crippen LogP contribution in [0.15, 0.2) is 36.4 Å². The van der Waals surface area contributed by atoms with Crippen molar-refractivity contribution in [1.82, 2.24) is 0 Å². The molecule has 0 aliphatic heterocycles. The maximum atomic E-state index is 12.1. The maximum absolute atomic E-state index is 12.1. The van der Waals surface area contributed by atoms with Gasteiger partial charge in [0, 0.05) is 11.9 Å². The van der Waals surface area contributed by atoms with Gasteiger partial charge < -0.3 is 24.1 Å². The van der Waals surface area contributed by atoms with E-state index >= 15 is 0 Å². The van der Waals surface area contributed by atoms with E-state index in [2.05, 4.69) is 34.9 Å². The number of rotatable bonds is 12. The second-order valence-corrected chi connectivity index (χ2v) is 6.78. The molecule has 192 valence electrons. The van der Waals surface area contributed by atoms with Gasteiger partial charge in [-0.05, 0) is 48.2 Å². The van der Waals surface area contributed by atoms with Gasteiger partial charge in [0.15, 0.2) is 23.0 Å². The lowest BCUT2D eigenvalue weighted by Gasteiger charge is -2.12. The standard InChI is InChI=1S/C10H9BrF4O2.C10H10F4O3/c11-4-3-6-1-2-7(16-9(12)13)8(5-6)17-10(14)15;11-9(12)16-7-2-1-6(3-4-15)5-8(7)17-10(13)14/h1-2,5,9-10H,3-4H2;1-2,5,9-10,15H,3-4H2. The van der Waals surface area contributed by atoms with Crippen LogP contribution in [0.25, 0.3) is 0 Å². The summed E-state index contributed by atoms with van der Waals surface area (Å²) in [5.41, 5.74) is 1.16. The molecule has 14 heteroatoms. The molecule has 1 N–H and O–H groups in total. The minimum Gasteiger partial charge on any atom is -0.431 e. The summed E-state index contributed by atoms with van der Waals surface area (Å²) in [6.07, 6.45) is 0.767. The molecule has 0 amide bonds. The largest absolute Gasteiger partial charge is 0.431 e. The SMILES string of the molecule is FC(F)Oc1ccc(CCBr)cc1OC(F)F.OCCc1ccc(OC(F)F)c(OC(F)F)c1. The van der Waals surface area contributed by atoms with Crippen molar-refractivity contribution >= 4 is 15.9 Å². The zero-order valence-corrected chi connectivity index (χ0v) is 18.7. The molecule has 0 aromatic heterocycles. The van der Waals surface area contributed by atoms with Gasteiger partial charge in [0.25, 0.3) is 0 Å². The minimum absolute atomic E-state index is 0.191. The Morgan fingerprint density at radius 2 is 0.941 bits per heavy atom. The number of hydrogen-bond donors (Lipinski definition) is 1. The molecule has 0 spiro atoms. The Bertz CT molecular complexity index is 788. The quantitative estimate of drug-likeness (QED) is 0.241. The number of benzene rings is 2. The lowest BCUT2D eigenvalue weighted by Crippen LogP contribution is -2.08. The summed E-state index contributed by atoms with van der Waals surface area (Å²) in [5, 5.41) is 9.29. The molecular formula is C20H19BrF8O5. The first kappa shape index (κ1) is 29.6. The normalized spacial score (nSPS) is 11.0. The Morgan fingerprint density at radius 1 is 0.588 bits per heavy atom. The van der Waals surface area contributed by atoms with Gasteiger partial charge in [-0.1, -0.05) is 28.1 Å². The van der Waals surface area contributed by atoms with Gasteiger partial charge >= 0.3 is 26.4 Å². The number of alkyl halides is 9. The third kappa shape index (κ3) is 11.6. The third-order valence-electron chi connectivity index (χ3n) is 3.66. The summed E-state index contributed by atoms with van der Waals surface area (Å²) in [7, 11) is 0. The number of aryl methyl sites for hydroxylation is 1. The van der Waals surface area contributed by atoms with E-state index in [-0.39, 0.29) is 13.0 Å². The average molecular weight is 571 g/mol. The molecule has 0 fully saturated rings. The van der Waals surface area contributed by atoms with Crippen LogP contribution in [-0.4, -0.2) is 43.5 Å². The van der Waals surface area contributed by atoms with Crippen molar-refractivity contribution in [2.75, 3.05) is 11.9 Å². The van der Waals surface area contributed by atoms with E-state index in [4.69, 9.17) is 5.11 Å². The molecule has 0 heterocycles. The molecule has 2 aromatic rings.